The van der Waals surface area contributed by atoms with Crippen molar-refractivity contribution in [3.05, 3.63) is 84.2 Å². The molecule has 0 fully saturated rings. The van der Waals surface area contributed by atoms with E-state index in [4.69, 9.17) is 5.26 Å². The first-order valence-electron chi connectivity index (χ1n) is 7.33. The maximum Gasteiger partial charge on any atom is 0.257 e. The van der Waals surface area contributed by atoms with Crippen LogP contribution >= 0.6 is 0 Å². The molecule has 0 atom stereocenters. The van der Waals surface area contributed by atoms with Crippen molar-refractivity contribution < 1.29 is 4.79 Å². The predicted molar refractivity (Wildman–Crippen MR) is 93.1 cm³/mol. The van der Waals surface area contributed by atoms with Crippen LogP contribution in [0.25, 0.3) is 0 Å². The molecule has 24 heavy (non-hydrogen) atoms. The van der Waals surface area contributed by atoms with E-state index >= 15 is 0 Å². The number of carbonyl (C=O) groups is 1. The highest BCUT2D eigenvalue weighted by Crippen LogP contribution is 2.18. The monoisotopic (exact) mass is 314 g/mol. The molecule has 2 N–H and O–H groups in total. The van der Waals surface area contributed by atoms with Crippen molar-refractivity contribution in [2.24, 2.45) is 0 Å². The number of nitrogens with zero attached hydrogens (tertiary/aromatic N) is 2. The zero-order valence-corrected chi connectivity index (χ0v) is 12.7. The molecular formula is C19H14N4O. The molecule has 5 nitrogen and oxygen atoms in total. The molecule has 0 unspecified atom stereocenters. The third-order valence-corrected chi connectivity index (χ3v) is 3.31. The lowest BCUT2D eigenvalue weighted by Gasteiger charge is -2.09. The van der Waals surface area contributed by atoms with Crippen molar-refractivity contribution in [2.75, 3.05) is 10.6 Å². The quantitative estimate of drug-likeness (QED) is 0.764. The van der Waals surface area contributed by atoms with Crippen molar-refractivity contribution in [3.63, 3.8) is 0 Å². The lowest BCUT2D eigenvalue weighted by Crippen LogP contribution is -2.12. The molecule has 1 heterocycles. The predicted octanol–water partition coefficient (Wildman–Crippen LogP) is 3.95. The summed E-state index contributed by atoms with van der Waals surface area (Å²) in [7, 11) is 0. The minimum absolute atomic E-state index is 0.233. The fourth-order valence-electron chi connectivity index (χ4n) is 2.19. The van der Waals surface area contributed by atoms with Crippen molar-refractivity contribution >= 4 is 23.0 Å². The Hall–Kier alpha value is -3.65. The molecule has 0 aliphatic heterocycles. The Labute approximate surface area is 139 Å². The molecule has 2 aromatic carbocycles. The highest BCUT2D eigenvalue weighted by molar-refractivity contribution is 6.04. The number of nitrogens with one attached hydrogen (secondary N) is 2. The Bertz CT molecular complexity index is 900. The summed E-state index contributed by atoms with van der Waals surface area (Å²) in [6, 6.07) is 20.1. The lowest BCUT2D eigenvalue weighted by atomic mass is 10.2. The Morgan fingerprint density at radius 3 is 2.50 bits per heavy atom. The Balaban J connectivity index is 1.76. The molecule has 1 aromatic heterocycles. The minimum atomic E-state index is -0.233. The Morgan fingerprint density at radius 1 is 0.917 bits per heavy atom. The van der Waals surface area contributed by atoms with E-state index in [2.05, 4.69) is 21.7 Å². The van der Waals surface area contributed by atoms with E-state index in [1.807, 2.05) is 36.4 Å². The van der Waals surface area contributed by atoms with Crippen LogP contribution in [0.2, 0.25) is 0 Å². The molecule has 3 rings (SSSR count). The first-order valence-corrected chi connectivity index (χ1v) is 7.33. The third kappa shape index (κ3) is 3.76. The van der Waals surface area contributed by atoms with Gasteiger partial charge >= 0.3 is 0 Å². The first kappa shape index (κ1) is 15.3. The number of carbonyl (C=O) groups excluding carboxylic acids is 1. The van der Waals surface area contributed by atoms with Crippen LogP contribution in [0.1, 0.15) is 15.9 Å². The molecule has 5 heteroatoms. The zero-order valence-electron chi connectivity index (χ0n) is 12.7. The molecule has 0 aliphatic rings. The topological polar surface area (TPSA) is 77.8 Å². The zero-order chi connectivity index (χ0) is 16.8. The number of anilines is 3. The molecular weight excluding hydrogens is 300 g/mol. The van der Waals surface area contributed by atoms with E-state index < -0.39 is 0 Å². The standard InChI is InChI=1S/C19H14N4O/c20-11-14-5-4-8-17(9-14)22-18-10-15(12-21-13-18)19(24)23-16-6-2-1-3-7-16/h1-10,12-13,22H,(H,23,24). The second-order valence-electron chi connectivity index (χ2n) is 5.10. The minimum Gasteiger partial charge on any atom is -0.354 e. The Kier molecular flexibility index (Phi) is 4.50. The smallest absolute Gasteiger partial charge is 0.257 e. The van der Waals surface area contributed by atoms with Crippen LogP contribution in [0, 0.1) is 11.3 Å². The van der Waals surface area contributed by atoms with Crippen molar-refractivity contribution in [1.29, 1.82) is 5.26 Å². The summed E-state index contributed by atoms with van der Waals surface area (Å²) in [5, 5.41) is 14.9. The van der Waals surface area contributed by atoms with Gasteiger partial charge in [-0.15, -0.1) is 0 Å². The lowest BCUT2D eigenvalue weighted by molar-refractivity contribution is 0.102. The van der Waals surface area contributed by atoms with Crippen molar-refractivity contribution in [2.45, 2.75) is 0 Å². The highest BCUT2D eigenvalue weighted by Gasteiger charge is 2.07. The van der Waals surface area contributed by atoms with Crippen LogP contribution in [-0.4, -0.2) is 10.9 Å². The molecule has 3 aromatic rings. The third-order valence-electron chi connectivity index (χ3n) is 3.31. The van der Waals surface area contributed by atoms with E-state index in [-0.39, 0.29) is 5.91 Å². The molecule has 0 saturated heterocycles. The fourth-order valence-corrected chi connectivity index (χ4v) is 2.19. The summed E-state index contributed by atoms with van der Waals surface area (Å²) in [4.78, 5) is 16.4. The van der Waals surface area contributed by atoms with Crippen LogP contribution in [0.4, 0.5) is 17.1 Å². The van der Waals surface area contributed by atoms with Crippen LogP contribution < -0.4 is 10.6 Å². The van der Waals surface area contributed by atoms with Gasteiger partial charge in [0.15, 0.2) is 0 Å². The summed E-state index contributed by atoms with van der Waals surface area (Å²) < 4.78 is 0. The van der Waals surface area contributed by atoms with E-state index in [1.165, 1.54) is 6.20 Å². The van der Waals surface area contributed by atoms with Crippen LogP contribution in [0.3, 0.4) is 0 Å². The summed E-state index contributed by atoms with van der Waals surface area (Å²) >= 11 is 0. The number of para-hydroxylation sites is 1. The molecule has 0 radical (unpaired) electrons. The average Bonchev–Trinajstić information content (AvgIpc) is 2.63. The van der Waals surface area contributed by atoms with Gasteiger partial charge in [0.25, 0.3) is 5.91 Å². The fraction of sp³-hybridized carbons (Fsp3) is 0. The summed E-state index contributed by atoms with van der Waals surface area (Å²) in [5.41, 5.74) is 3.16. The largest absolute Gasteiger partial charge is 0.354 e. The van der Waals surface area contributed by atoms with Crippen LogP contribution in [0.15, 0.2) is 73.1 Å². The van der Waals surface area contributed by atoms with Crippen LogP contribution in [-0.2, 0) is 0 Å². The van der Waals surface area contributed by atoms with E-state index in [0.717, 1.165) is 11.4 Å². The maximum atomic E-state index is 12.3. The first-order chi connectivity index (χ1) is 11.7. The van der Waals surface area contributed by atoms with Gasteiger partial charge in [-0.05, 0) is 36.4 Å². The van der Waals surface area contributed by atoms with Gasteiger partial charge in [-0.1, -0.05) is 24.3 Å². The SMILES string of the molecule is N#Cc1cccc(Nc2cncc(C(=O)Nc3ccccc3)c2)c1. The van der Waals surface area contributed by atoms with Gasteiger partial charge in [-0.25, -0.2) is 0 Å². The molecule has 0 aliphatic carbocycles. The van der Waals surface area contributed by atoms with Gasteiger partial charge in [0.05, 0.1) is 29.1 Å². The second kappa shape index (κ2) is 7.07. The Morgan fingerprint density at radius 2 is 1.71 bits per heavy atom. The van der Waals surface area contributed by atoms with Gasteiger partial charge in [-0.3, -0.25) is 9.78 Å². The summed E-state index contributed by atoms with van der Waals surface area (Å²) in [6.07, 6.45) is 3.13. The molecule has 0 bridgehead atoms. The van der Waals surface area contributed by atoms with Gasteiger partial charge in [-0.2, -0.15) is 5.26 Å². The van der Waals surface area contributed by atoms with Crippen molar-refractivity contribution in [3.8, 4) is 6.07 Å². The van der Waals surface area contributed by atoms with E-state index in [1.54, 1.807) is 30.5 Å². The molecule has 116 valence electrons. The highest BCUT2D eigenvalue weighted by atomic mass is 16.1. The number of aromatic nitrogens is 1. The number of amides is 1. The number of benzene rings is 2. The number of hydrogen-bond donors (Lipinski definition) is 2. The summed E-state index contributed by atoms with van der Waals surface area (Å²) in [6.45, 7) is 0. The number of nitriles is 1. The van der Waals surface area contributed by atoms with Gasteiger partial charge in [0, 0.05) is 17.6 Å². The molecule has 0 spiro atoms. The van der Waals surface area contributed by atoms with Crippen LogP contribution in [0.5, 0.6) is 0 Å². The normalized spacial score (nSPS) is 9.79. The summed E-state index contributed by atoms with van der Waals surface area (Å²) in [5.74, 6) is -0.233. The second-order valence-corrected chi connectivity index (χ2v) is 5.10. The number of hydrogen-bond acceptors (Lipinski definition) is 4. The molecule has 0 saturated carbocycles. The van der Waals surface area contributed by atoms with E-state index in [0.29, 0.717) is 16.8 Å². The maximum absolute atomic E-state index is 12.3. The van der Waals surface area contributed by atoms with E-state index in [9.17, 15) is 4.79 Å². The number of rotatable bonds is 4. The molecule has 1 amide bonds. The average molecular weight is 314 g/mol. The van der Waals surface area contributed by atoms with Crippen molar-refractivity contribution in [1.82, 2.24) is 4.98 Å². The van der Waals surface area contributed by atoms with Gasteiger partial charge in [0.1, 0.15) is 0 Å². The van der Waals surface area contributed by atoms with Gasteiger partial charge in [0.2, 0.25) is 0 Å². The van der Waals surface area contributed by atoms with Gasteiger partial charge < -0.3 is 10.6 Å². The number of pyridine rings is 1.